The van der Waals surface area contributed by atoms with Crippen LogP contribution in [0, 0.1) is 17.6 Å². The zero-order chi connectivity index (χ0) is 14.8. The number of halogens is 3. The lowest BCUT2D eigenvalue weighted by molar-refractivity contribution is 0.0925. The summed E-state index contributed by atoms with van der Waals surface area (Å²) in [6.07, 6.45) is 0.728. The van der Waals surface area contributed by atoms with E-state index < -0.39 is 11.6 Å². The molecule has 0 aliphatic carbocycles. The normalized spacial score (nSPS) is 16.0. The van der Waals surface area contributed by atoms with Crippen molar-refractivity contribution in [3.8, 4) is 0 Å². The molecule has 1 aliphatic heterocycles. The fraction of sp³-hybridized carbons (Fsp3) is 0.294. The van der Waals surface area contributed by atoms with Crippen molar-refractivity contribution < 1.29 is 8.78 Å². The number of nitrogens with zero attached hydrogens (tertiary/aromatic N) is 1. The van der Waals surface area contributed by atoms with Crippen molar-refractivity contribution in [3.05, 3.63) is 70.2 Å². The van der Waals surface area contributed by atoms with Crippen LogP contribution in [-0.4, -0.2) is 18.0 Å². The molecule has 21 heavy (non-hydrogen) atoms. The first-order valence-corrected chi connectivity index (χ1v) is 7.38. The van der Waals surface area contributed by atoms with Gasteiger partial charge in [0, 0.05) is 30.7 Å². The molecule has 1 aliphatic rings. The minimum atomic E-state index is -0.498. The molecule has 2 aromatic rings. The van der Waals surface area contributed by atoms with Crippen molar-refractivity contribution >= 4 is 11.6 Å². The summed E-state index contributed by atoms with van der Waals surface area (Å²) in [5.74, 6) is -0.525. The molecule has 0 bridgehead atoms. The summed E-state index contributed by atoms with van der Waals surface area (Å²) in [5.41, 5.74) is 1.97. The molecule has 1 heterocycles. The van der Waals surface area contributed by atoms with E-state index in [1.54, 1.807) is 0 Å². The van der Waals surface area contributed by atoms with Gasteiger partial charge in [0.2, 0.25) is 0 Å². The smallest absolute Gasteiger partial charge is 0.126 e. The van der Waals surface area contributed by atoms with Gasteiger partial charge in [-0.05, 0) is 47.7 Å². The molecule has 1 fully saturated rings. The van der Waals surface area contributed by atoms with Crippen molar-refractivity contribution in [2.45, 2.75) is 13.0 Å². The molecule has 0 unspecified atom stereocenters. The highest BCUT2D eigenvalue weighted by Gasteiger charge is 2.26. The Labute approximate surface area is 128 Å². The Balaban J connectivity index is 1.50. The van der Waals surface area contributed by atoms with Crippen LogP contribution in [0.15, 0.2) is 42.5 Å². The van der Waals surface area contributed by atoms with E-state index in [9.17, 15) is 8.78 Å². The lowest BCUT2D eigenvalue weighted by Gasteiger charge is -2.39. The van der Waals surface area contributed by atoms with Crippen molar-refractivity contribution in [1.82, 2.24) is 4.90 Å². The summed E-state index contributed by atoms with van der Waals surface area (Å²) in [5, 5.41) is 0.744. The molecule has 0 aromatic heterocycles. The first-order valence-electron chi connectivity index (χ1n) is 7.00. The highest BCUT2D eigenvalue weighted by atomic mass is 35.5. The van der Waals surface area contributed by atoms with E-state index in [-0.39, 0.29) is 0 Å². The van der Waals surface area contributed by atoms with E-state index in [4.69, 9.17) is 11.6 Å². The Morgan fingerprint density at radius 2 is 1.57 bits per heavy atom. The van der Waals surface area contributed by atoms with E-state index in [0.29, 0.717) is 5.92 Å². The summed E-state index contributed by atoms with van der Waals surface area (Å²) < 4.78 is 26.3. The maximum atomic E-state index is 13.1. The van der Waals surface area contributed by atoms with Crippen LogP contribution >= 0.6 is 11.6 Å². The number of hydrogen-bond donors (Lipinski definition) is 0. The van der Waals surface area contributed by atoms with Gasteiger partial charge in [-0.15, -0.1) is 0 Å². The SMILES string of the molecule is Fc1cc(F)cc(CC2CN(Cc3ccc(Cl)cc3)C2)c1. The number of benzene rings is 2. The molecule has 0 saturated carbocycles. The van der Waals surface area contributed by atoms with Gasteiger partial charge in [0.15, 0.2) is 0 Å². The van der Waals surface area contributed by atoms with E-state index in [1.165, 1.54) is 17.7 Å². The zero-order valence-electron chi connectivity index (χ0n) is 11.5. The molecule has 4 heteroatoms. The van der Waals surface area contributed by atoms with Gasteiger partial charge in [-0.25, -0.2) is 8.78 Å². The van der Waals surface area contributed by atoms with Gasteiger partial charge in [-0.2, -0.15) is 0 Å². The molecule has 110 valence electrons. The van der Waals surface area contributed by atoms with Gasteiger partial charge in [-0.1, -0.05) is 23.7 Å². The van der Waals surface area contributed by atoms with Crippen LogP contribution in [0.4, 0.5) is 8.78 Å². The Bertz CT molecular complexity index is 601. The summed E-state index contributed by atoms with van der Waals surface area (Å²) in [6.45, 7) is 2.81. The minimum absolute atomic E-state index is 0.471. The van der Waals surface area contributed by atoms with Gasteiger partial charge in [0.25, 0.3) is 0 Å². The maximum Gasteiger partial charge on any atom is 0.126 e. The topological polar surface area (TPSA) is 3.24 Å². The van der Waals surface area contributed by atoms with Crippen LogP contribution < -0.4 is 0 Å². The molecule has 0 radical (unpaired) electrons. The average Bonchev–Trinajstić information content (AvgIpc) is 2.37. The van der Waals surface area contributed by atoms with Crippen LogP contribution in [0.1, 0.15) is 11.1 Å². The largest absolute Gasteiger partial charge is 0.298 e. The number of likely N-dealkylation sites (tertiary alicyclic amines) is 1. The summed E-state index contributed by atoms with van der Waals surface area (Å²) in [6, 6.07) is 11.6. The monoisotopic (exact) mass is 307 g/mol. The summed E-state index contributed by atoms with van der Waals surface area (Å²) in [4.78, 5) is 2.32. The van der Waals surface area contributed by atoms with Crippen molar-refractivity contribution in [2.75, 3.05) is 13.1 Å². The molecule has 0 spiro atoms. The Kier molecular flexibility index (Phi) is 4.22. The van der Waals surface area contributed by atoms with Crippen LogP contribution in [0.3, 0.4) is 0 Å². The van der Waals surface area contributed by atoms with Gasteiger partial charge in [-0.3, -0.25) is 4.90 Å². The van der Waals surface area contributed by atoms with Crippen molar-refractivity contribution in [3.63, 3.8) is 0 Å². The van der Waals surface area contributed by atoms with Crippen molar-refractivity contribution in [1.29, 1.82) is 0 Å². The van der Waals surface area contributed by atoms with Crippen LogP contribution in [-0.2, 0) is 13.0 Å². The standard InChI is InChI=1S/C17H16ClF2N/c18-15-3-1-12(2-4-15)9-21-10-14(11-21)5-13-6-16(19)8-17(20)7-13/h1-4,6-8,14H,5,9-11H2. The van der Waals surface area contributed by atoms with E-state index in [0.717, 1.165) is 42.7 Å². The van der Waals surface area contributed by atoms with Crippen LogP contribution in [0.25, 0.3) is 0 Å². The second-order valence-corrected chi connectivity index (χ2v) is 6.10. The Morgan fingerprint density at radius 1 is 0.952 bits per heavy atom. The molecule has 2 aromatic carbocycles. The minimum Gasteiger partial charge on any atom is -0.298 e. The second-order valence-electron chi connectivity index (χ2n) is 5.67. The Morgan fingerprint density at radius 3 is 2.19 bits per heavy atom. The van der Waals surface area contributed by atoms with Gasteiger partial charge < -0.3 is 0 Å². The number of rotatable bonds is 4. The molecule has 0 amide bonds. The third kappa shape index (κ3) is 3.80. The molecule has 0 N–H and O–H groups in total. The highest BCUT2D eigenvalue weighted by molar-refractivity contribution is 6.30. The van der Waals surface area contributed by atoms with Gasteiger partial charge >= 0.3 is 0 Å². The Hall–Kier alpha value is -1.45. The molecule has 1 saturated heterocycles. The molecular weight excluding hydrogens is 292 g/mol. The van der Waals surface area contributed by atoms with E-state index in [1.807, 2.05) is 24.3 Å². The third-order valence-electron chi connectivity index (χ3n) is 3.80. The highest BCUT2D eigenvalue weighted by Crippen LogP contribution is 2.23. The van der Waals surface area contributed by atoms with Crippen LogP contribution in [0.2, 0.25) is 5.02 Å². The summed E-state index contributed by atoms with van der Waals surface area (Å²) >= 11 is 5.86. The predicted molar refractivity (Wildman–Crippen MR) is 80.3 cm³/mol. The maximum absolute atomic E-state index is 13.1. The van der Waals surface area contributed by atoms with Gasteiger partial charge in [0.1, 0.15) is 11.6 Å². The first-order chi connectivity index (χ1) is 10.1. The van der Waals surface area contributed by atoms with E-state index >= 15 is 0 Å². The lowest BCUT2D eigenvalue weighted by atomic mass is 9.91. The lowest BCUT2D eigenvalue weighted by Crippen LogP contribution is -2.46. The second kappa shape index (κ2) is 6.12. The zero-order valence-corrected chi connectivity index (χ0v) is 12.3. The molecule has 0 atom stereocenters. The fourth-order valence-electron chi connectivity index (χ4n) is 2.85. The molecule has 1 nitrogen and oxygen atoms in total. The van der Waals surface area contributed by atoms with Gasteiger partial charge in [0.05, 0.1) is 0 Å². The number of hydrogen-bond acceptors (Lipinski definition) is 1. The first kappa shape index (κ1) is 14.5. The summed E-state index contributed by atoms with van der Waals surface area (Å²) in [7, 11) is 0. The average molecular weight is 308 g/mol. The molecular formula is C17H16ClF2N. The van der Waals surface area contributed by atoms with E-state index in [2.05, 4.69) is 4.90 Å². The van der Waals surface area contributed by atoms with Crippen molar-refractivity contribution in [2.24, 2.45) is 5.92 Å². The molecule has 3 rings (SSSR count). The third-order valence-corrected chi connectivity index (χ3v) is 4.05. The van der Waals surface area contributed by atoms with Crippen LogP contribution in [0.5, 0.6) is 0 Å². The quantitative estimate of drug-likeness (QED) is 0.814. The predicted octanol–water partition coefficient (Wildman–Crippen LogP) is 4.29. The fourth-order valence-corrected chi connectivity index (χ4v) is 2.97.